The Morgan fingerprint density at radius 2 is 1.76 bits per heavy atom. The molecule has 9 nitrogen and oxygen atoms in total. The summed E-state index contributed by atoms with van der Waals surface area (Å²) in [6.07, 6.45) is 3.16. The molecule has 1 N–H and O–H groups in total. The quantitative estimate of drug-likeness (QED) is 0.338. The molecule has 0 aliphatic carbocycles. The molecule has 1 fully saturated rings. The standard InChI is InChI=1S/C25H24Cl2N6O3S/c1-2-36-25-24(29-16-23(27)31-25)32-11-13-33(14-12-32)37(34,35)19-6-4-18(5-7-19)30-21-9-10-28-22-15-17(26)3-8-20(21)22/h3-10,15-16H,2,11-14H2,1H3,(H,28,30). The summed E-state index contributed by atoms with van der Waals surface area (Å²) >= 11 is 12.0. The molecule has 0 unspecified atom stereocenters. The van der Waals surface area contributed by atoms with Crippen LogP contribution in [0.4, 0.5) is 17.2 Å². The summed E-state index contributed by atoms with van der Waals surface area (Å²) in [5.41, 5.74) is 2.38. The van der Waals surface area contributed by atoms with Crippen molar-refractivity contribution in [1.29, 1.82) is 0 Å². The maximum absolute atomic E-state index is 13.3. The minimum Gasteiger partial charge on any atom is -0.475 e. The second-order valence-corrected chi connectivity index (χ2v) is 11.1. The Labute approximate surface area is 225 Å². The number of fused-ring (bicyclic) bond motifs is 1. The van der Waals surface area contributed by atoms with E-state index in [1.54, 1.807) is 36.5 Å². The van der Waals surface area contributed by atoms with Gasteiger partial charge in [-0.25, -0.2) is 13.4 Å². The van der Waals surface area contributed by atoms with E-state index < -0.39 is 10.0 Å². The van der Waals surface area contributed by atoms with Gasteiger partial charge in [-0.1, -0.05) is 23.2 Å². The molecule has 2 aromatic carbocycles. The second-order valence-electron chi connectivity index (χ2n) is 8.31. The van der Waals surface area contributed by atoms with E-state index in [9.17, 15) is 8.42 Å². The second kappa shape index (κ2) is 10.7. The molecule has 12 heteroatoms. The molecule has 0 amide bonds. The van der Waals surface area contributed by atoms with Crippen LogP contribution in [-0.4, -0.2) is 60.5 Å². The first-order valence-corrected chi connectivity index (χ1v) is 13.9. The van der Waals surface area contributed by atoms with Gasteiger partial charge in [0.15, 0.2) is 11.0 Å². The van der Waals surface area contributed by atoms with Crippen LogP contribution in [0.25, 0.3) is 10.9 Å². The minimum absolute atomic E-state index is 0.235. The van der Waals surface area contributed by atoms with Crippen molar-refractivity contribution in [3.8, 4) is 5.88 Å². The van der Waals surface area contributed by atoms with Gasteiger partial charge in [0.2, 0.25) is 10.0 Å². The van der Waals surface area contributed by atoms with E-state index in [4.69, 9.17) is 27.9 Å². The number of aromatic nitrogens is 3. The fourth-order valence-corrected chi connectivity index (χ4v) is 5.90. The summed E-state index contributed by atoms with van der Waals surface area (Å²) < 4.78 is 33.7. The predicted octanol–water partition coefficient (Wildman–Crippen LogP) is 4.98. The number of piperazine rings is 1. The van der Waals surface area contributed by atoms with Crippen molar-refractivity contribution in [3.05, 3.63) is 71.1 Å². The summed E-state index contributed by atoms with van der Waals surface area (Å²) in [6.45, 7) is 3.80. The van der Waals surface area contributed by atoms with Crippen molar-refractivity contribution in [2.75, 3.05) is 43.0 Å². The number of hydrogen-bond donors (Lipinski definition) is 1. The van der Waals surface area contributed by atoms with Gasteiger partial charge in [0.05, 0.1) is 23.2 Å². The van der Waals surface area contributed by atoms with Gasteiger partial charge in [0.25, 0.3) is 5.88 Å². The van der Waals surface area contributed by atoms with E-state index in [2.05, 4.69) is 20.3 Å². The molecule has 2 aromatic heterocycles. The summed E-state index contributed by atoms with van der Waals surface area (Å²) in [4.78, 5) is 15.1. The molecule has 0 radical (unpaired) electrons. The van der Waals surface area contributed by atoms with Crippen LogP contribution in [0.15, 0.2) is 65.8 Å². The van der Waals surface area contributed by atoms with E-state index in [0.717, 1.165) is 22.3 Å². The van der Waals surface area contributed by atoms with Crippen molar-refractivity contribution >= 4 is 61.3 Å². The van der Waals surface area contributed by atoms with Gasteiger partial charge in [0.1, 0.15) is 0 Å². The van der Waals surface area contributed by atoms with Gasteiger partial charge < -0.3 is 15.0 Å². The molecule has 1 aliphatic heterocycles. The summed E-state index contributed by atoms with van der Waals surface area (Å²) in [5.74, 6) is 0.907. The molecule has 1 aliphatic rings. The third-order valence-electron chi connectivity index (χ3n) is 5.99. The van der Waals surface area contributed by atoms with Crippen LogP contribution in [0.2, 0.25) is 10.2 Å². The van der Waals surface area contributed by atoms with Gasteiger partial charge >= 0.3 is 0 Å². The van der Waals surface area contributed by atoms with E-state index >= 15 is 0 Å². The number of nitrogens with one attached hydrogen (secondary N) is 1. The third kappa shape index (κ3) is 5.42. The third-order valence-corrected chi connectivity index (χ3v) is 8.32. The highest BCUT2D eigenvalue weighted by Crippen LogP contribution is 2.30. The van der Waals surface area contributed by atoms with Crippen molar-refractivity contribution < 1.29 is 13.2 Å². The van der Waals surface area contributed by atoms with Crippen LogP contribution < -0.4 is 15.0 Å². The first kappa shape index (κ1) is 25.5. The number of pyridine rings is 1. The largest absolute Gasteiger partial charge is 0.475 e. The Balaban J connectivity index is 1.28. The highest BCUT2D eigenvalue weighted by Gasteiger charge is 2.30. The number of benzene rings is 2. The fourth-order valence-electron chi connectivity index (χ4n) is 4.18. The van der Waals surface area contributed by atoms with Crippen LogP contribution in [0.3, 0.4) is 0 Å². The number of anilines is 3. The molecule has 0 saturated carbocycles. The monoisotopic (exact) mass is 558 g/mol. The number of nitrogens with zero attached hydrogens (tertiary/aromatic N) is 5. The molecule has 3 heterocycles. The Kier molecular flexibility index (Phi) is 7.34. The molecule has 37 heavy (non-hydrogen) atoms. The van der Waals surface area contributed by atoms with Crippen molar-refractivity contribution in [3.63, 3.8) is 0 Å². The molecule has 0 bridgehead atoms. The maximum Gasteiger partial charge on any atom is 0.259 e. The van der Waals surface area contributed by atoms with Crippen LogP contribution in [-0.2, 0) is 10.0 Å². The predicted molar refractivity (Wildman–Crippen MR) is 146 cm³/mol. The number of ether oxygens (including phenoxy) is 1. The number of sulfonamides is 1. The lowest BCUT2D eigenvalue weighted by molar-refractivity contribution is 0.322. The zero-order valence-electron chi connectivity index (χ0n) is 19.9. The molecule has 0 atom stereocenters. The zero-order valence-corrected chi connectivity index (χ0v) is 22.3. The summed E-state index contributed by atoms with van der Waals surface area (Å²) in [5, 5.41) is 5.11. The molecule has 0 spiro atoms. The van der Waals surface area contributed by atoms with Crippen LogP contribution in [0.5, 0.6) is 5.88 Å². The van der Waals surface area contributed by atoms with Gasteiger partial charge in [-0.15, -0.1) is 0 Å². The number of hydrogen-bond acceptors (Lipinski definition) is 8. The van der Waals surface area contributed by atoms with Crippen LogP contribution >= 0.6 is 23.2 Å². The first-order valence-electron chi connectivity index (χ1n) is 11.7. The molecule has 1 saturated heterocycles. The van der Waals surface area contributed by atoms with Gasteiger partial charge in [-0.2, -0.15) is 9.29 Å². The smallest absolute Gasteiger partial charge is 0.259 e. The highest BCUT2D eigenvalue weighted by atomic mass is 35.5. The van der Waals surface area contributed by atoms with E-state index in [1.807, 2.05) is 30.0 Å². The number of halogens is 2. The Morgan fingerprint density at radius 1 is 1.00 bits per heavy atom. The molecule has 4 aromatic rings. The Hall–Kier alpha value is -3.18. The lowest BCUT2D eigenvalue weighted by atomic mass is 10.2. The van der Waals surface area contributed by atoms with Gasteiger partial charge in [0, 0.05) is 54.2 Å². The zero-order chi connectivity index (χ0) is 26.0. The fraction of sp³-hybridized carbons (Fsp3) is 0.240. The van der Waals surface area contributed by atoms with Crippen molar-refractivity contribution in [2.24, 2.45) is 0 Å². The first-order chi connectivity index (χ1) is 17.8. The Bertz CT molecular complexity index is 1530. The SMILES string of the molecule is CCOc1nc(Cl)cnc1N1CCN(S(=O)(=O)c2ccc(Nc3ccnc4cc(Cl)ccc34)cc2)CC1. The van der Waals surface area contributed by atoms with Crippen molar-refractivity contribution in [1.82, 2.24) is 19.3 Å². The van der Waals surface area contributed by atoms with Crippen LogP contribution in [0, 0.1) is 0 Å². The Morgan fingerprint density at radius 3 is 2.49 bits per heavy atom. The highest BCUT2D eigenvalue weighted by molar-refractivity contribution is 7.89. The van der Waals surface area contributed by atoms with Gasteiger partial charge in [-0.05, 0) is 55.5 Å². The molecular weight excluding hydrogens is 535 g/mol. The van der Waals surface area contributed by atoms with E-state index in [1.165, 1.54) is 10.5 Å². The lowest BCUT2D eigenvalue weighted by Crippen LogP contribution is -2.49. The average Bonchev–Trinajstić information content (AvgIpc) is 2.89. The lowest BCUT2D eigenvalue weighted by Gasteiger charge is -2.34. The minimum atomic E-state index is -3.66. The van der Waals surface area contributed by atoms with Crippen LogP contribution in [0.1, 0.15) is 6.92 Å². The molecule has 192 valence electrons. The topological polar surface area (TPSA) is 101 Å². The summed E-state index contributed by atoms with van der Waals surface area (Å²) in [7, 11) is -3.66. The van der Waals surface area contributed by atoms with Gasteiger partial charge in [-0.3, -0.25) is 4.98 Å². The normalized spacial score (nSPS) is 14.6. The van der Waals surface area contributed by atoms with E-state index in [-0.39, 0.29) is 10.0 Å². The maximum atomic E-state index is 13.3. The molecular formula is C25H24Cl2N6O3S. The average molecular weight is 559 g/mol. The number of rotatable bonds is 7. The van der Waals surface area contributed by atoms with Crippen molar-refractivity contribution in [2.45, 2.75) is 11.8 Å². The van der Waals surface area contributed by atoms with E-state index in [0.29, 0.717) is 49.5 Å². The molecule has 5 rings (SSSR count). The summed E-state index contributed by atoms with van der Waals surface area (Å²) in [6, 6.07) is 14.1.